The number of benzene rings is 1. The Balaban J connectivity index is 1.69. The summed E-state index contributed by atoms with van der Waals surface area (Å²) in [5.74, 6) is 1.17. The van der Waals surface area contributed by atoms with Gasteiger partial charge in [-0.2, -0.15) is 0 Å². The van der Waals surface area contributed by atoms with Crippen LogP contribution >= 0.6 is 0 Å². The van der Waals surface area contributed by atoms with Crippen LogP contribution in [-0.2, 0) is 11.2 Å². The van der Waals surface area contributed by atoms with Crippen molar-refractivity contribution in [3.05, 3.63) is 29.8 Å². The summed E-state index contributed by atoms with van der Waals surface area (Å²) in [5.41, 5.74) is 1.15. The van der Waals surface area contributed by atoms with Gasteiger partial charge in [-0.05, 0) is 37.9 Å². The Morgan fingerprint density at radius 1 is 1.45 bits per heavy atom. The minimum absolute atomic E-state index is 0.0256. The predicted octanol–water partition coefficient (Wildman–Crippen LogP) is 1.45. The zero-order valence-corrected chi connectivity index (χ0v) is 12.0. The molecular weight excluding hydrogens is 252 g/mol. The Bertz CT molecular complexity index is 489. The van der Waals surface area contributed by atoms with E-state index in [0.717, 1.165) is 43.7 Å². The third-order valence-electron chi connectivity index (χ3n) is 4.33. The van der Waals surface area contributed by atoms with Crippen molar-refractivity contribution in [3.8, 4) is 5.75 Å². The molecule has 3 rings (SSSR count). The van der Waals surface area contributed by atoms with Gasteiger partial charge < -0.3 is 15.0 Å². The van der Waals surface area contributed by atoms with E-state index >= 15 is 0 Å². The van der Waals surface area contributed by atoms with E-state index in [1.807, 2.05) is 25.2 Å². The summed E-state index contributed by atoms with van der Waals surface area (Å²) in [6.45, 7) is 2.29. The zero-order valence-electron chi connectivity index (χ0n) is 12.0. The van der Waals surface area contributed by atoms with Gasteiger partial charge in [0.15, 0.2) is 0 Å². The molecule has 108 valence electrons. The maximum Gasteiger partial charge on any atom is 0.229 e. The normalized spacial score (nSPS) is 25.1. The molecule has 0 aliphatic carbocycles. The molecule has 0 aromatic heterocycles. The molecule has 2 aliphatic heterocycles. The minimum atomic E-state index is -0.0256. The molecule has 1 amide bonds. The van der Waals surface area contributed by atoms with Crippen LogP contribution in [0.2, 0.25) is 0 Å². The quantitative estimate of drug-likeness (QED) is 0.907. The largest absolute Gasteiger partial charge is 0.492 e. The molecule has 4 heteroatoms. The summed E-state index contributed by atoms with van der Waals surface area (Å²) in [5, 5.41) is 3.19. The van der Waals surface area contributed by atoms with E-state index < -0.39 is 0 Å². The number of para-hydroxylation sites is 1. The topological polar surface area (TPSA) is 41.6 Å². The fourth-order valence-corrected chi connectivity index (χ4v) is 3.29. The summed E-state index contributed by atoms with van der Waals surface area (Å²) >= 11 is 0. The highest BCUT2D eigenvalue weighted by molar-refractivity contribution is 5.80. The van der Waals surface area contributed by atoms with Crippen molar-refractivity contribution in [2.75, 3.05) is 26.7 Å². The SMILES string of the molecule is CNCC1CCCN1C(=O)C1COc2ccccc2C1. The van der Waals surface area contributed by atoms with Gasteiger partial charge in [0, 0.05) is 19.1 Å². The van der Waals surface area contributed by atoms with Gasteiger partial charge in [0.05, 0.1) is 5.92 Å². The highest BCUT2D eigenvalue weighted by Crippen LogP contribution is 2.29. The number of hydrogen-bond donors (Lipinski definition) is 1. The van der Waals surface area contributed by atoms with Crippen molar-refractivity contribution in [1.29, 1.82) is 0 Å². The van der Waals surface area contributed by atoms with Crippen LogP contribution in [0.1, 0.15) is 18.4 Å². The van der Waals surface area contributed by atoms with E-state index in [0.29, 0.717) is 12.6 Å². The van der Waals surface area contributed by atoms with E-state index in [1.165, 1.54) is 0 Å². The third-order valence-corrected chi connectivity index (χ3v) is 4.33. The molecular formula is C16H22N2O2. The number of fused-ring (bicyclic) bond motifs is 1. The van der Waals surface area contributed by atoms with E-state index in [-0.39, 0.29) is 11.8 Å². The average molecular weight is 274 g/mol. The lowest BCUT2D eigenvalue weighted by Gasteiger charge is -2.31. The molecule has 1 saturated heterocycles. The molecule has 20 heavy (non-hydrogen) atoms. The van der Waals surface area contributed by atoms with Crippen molar-refractivity contribution in [3.63, 3.8) is 0 Å². The lowest BCUT2D eigenvalue weighted by atomic mass is 9.95. The molecule has 1 fully saturated rings. The van der Waals surface area contributed by atoms with Gasteiger partial charge in [0.1, 0.15) is 12.4 Å². The first-order chi connectivity index (χ1) is 9.79. The first-order valence-electron chi connectivity index (χ1n) is 7.45. The Labute approximate surface area is 120 Å². The van der Waals surface area contributed by atoms with Crippen LogP contribution in [0, 0.1) is 5.92 Å². The van der Waals surface area contributed by atoms with Crippen molar-refractivity contribution in [1.82, 2.24) is 10.2 Å². The Kier molecular flexibility index (Phi) is 3.92. The van der Waals surface area contributed by atoms with Crippen molar-refractivity contribution >= 4 is 5.91 Å². The smallest absolute Gasteiger partial charge is 0.229 e. The Hall–Kier alpha value is -1.55. The van der Waals surface area contributed by atoms with Crippen LogP contribution < -0.4 is 10.1 Å². The van der Waals surface area contributed by atoms with Crippen LogP contribution in [0.15, 0.2) is 24.3 Å². The molecule has 2 unspecified atom stereocenters. The predicted molar refractivity (Wildman–Crippen MR) is 77.8 cm³/mol. The van der Waals surface area contributed by atoms with E-state index in [1.54, 1.807) is 0 Å². The van der Waals surface area contributed by atoms with Gasteiger partial charge in [-0.15, -0.1) is 0 Å². The number of nitrogens with one attached hydrogen (secondary N) is 1. The number of ether oxygens (including phenoxy) is 1. The summed E-state index contributed by atoms with van der Waals surface area (Å²) in [6, 6.07) is 8.38. The number of nitrogens with zero attached hydrogens (tertiary/aromatic N) is 1. The zero-order chi connectivity index (χ0) is 13.9. The molecule has 0 spiro atoms. The number of likely N-dealkylation sites (N-methyl/N-ethyl adjacent to an activating group) is 1. The number of amides is 1. The molecule has 1 aromatic carbocycles. The number of likely N-dealkylation sites (tertiary alicyclic amines) is 1. The fourth-order valence-electron chi connectivity index (χ4n) is 3.29. The molecule has 1 N–H and O–H groups in total. The number of rotatable bonds is 3. The van der Waals surface area contributed by atoms with Gasteiger partial charge in [-0.25, -0.2) is 0 Å². The average Bonchev–Trinajstić information content (AvgIpc) is 2.94. The molecule has 0 saturated carbocycles. The molecule has 2 atom stereocenters. The van der Waals surface area contributed by atoms with Gasteiger partial charge >= 0.3 is 0 Å². The summed E-state index contributed by atoms with van der Waals surface area (Å²) in [7, 11) is 1.95. The first-order valence-corrected chi connectivity index (χ1v) is 7.45. The summed E-state index contributed by atoms with van der Waals surface area (Å²) in [4.78, 5) is 14.8. The van der Waals surface area contributed by atoms with Gasteiger partial charge in [0.25, 0.3) is 0 Å². The molecule has 4 nitrogen and oxygen atoms in total. The Morgan fingerprint density at radius 2 is 2.30 bits per heavy atom. The Morgan fingerprint density at radius 3 is 3.15 bits per heavy atom. The lowest BCUT2D eigenvalue weighted by molar-refractivity contribution is -0.137. The van der Waals surface area contributed by atoms with Crippen LogP contribution in [0.3, 0.4) is 0 Å². The number of hydrogen-bond acceptors (Lipinski definition) is 3. The molecule has 0 radical (unpaired) electrons. The maximum absolute atomic E-state index is 12.7. The van der Waals surface area contributed by atoms with Gasteiger partial charge in [0.2, 0.25) is 5.91 Å². The minimum Gasteiger partial charge on any atom is -0.492 e. The molecule has 1 aromatic rings. The number of carbonyl (C=O) groups excluding carboxylic acids is 1. The molecule has 0 bridgehead atoms. The highest BCUT2D eigenvalue weighted by Gasteiger charge is 2.34. The number of carbonyl (C=O) groups is 1. The molecule has 2 aliphatic rings. The maximum atomic E-state index is 12.7. The van der Waals surface area contributed by atoms with Crippen molar-refractivity contribution < 1.29 is 9.53 Å². The van der Waals surface area contributed by atoms with E-state index in [9.17, 15) is 4.79 Å². The van der Waals surface area contributed by atoms with Crippen LogP contribution in [-0.4, -0.2) is 43.6 Å². The highest BCUT2D eigenvalue weighted by atomic mass is 16.5. The van der Waals surface area contributed by atoms with Gasteiger partial charge in [-0.3, -0.25) is 4.79 Å². The van der Waals surface area contributed by atoms with Crippen LogP contribution in [0.25, 0.3) is 0 Å². The second-order valence-electron chi connectivity index (χ2n) is 5.71. The first kappa shape index (κ1) is 13.4. The van der Waals surface area contributed by atoms with Gasteiger partial charge in [-0.1, -0.05) is 18.2 Å². The van der Waals surface area contributed by atoms with Crippen LogP contribution in [0.4, 0.5) is 0 Å². The standard InChI is InChI=1S/C16H22N2O2/c1-17-10-14-6-4-8-18(14)16(19)13-9-12-5-2-3-7-15(12)20-11-13/h2-3,5,7,13-14,17H,4,6,8-11H2,1H3. The second kappa shape index (κ2) is 5.83. The summed E-state index contributed by atoms with van der Waals surface area (Å²) in [6.07, 6.45) is 3.02. The fraction of sp³-hybridized carbons (Fsp3) is 0.562. The molecule has 2 heterocycles. The van der Waals surface area contributed by atoms with E-state index in [2.05, 4.69) is 16.3 Å². The van der Waals surface area contributed by atoms with E-state index in [4.69, 9.17) is 4.74 Å². The van der Waals surface area contributed by atoms with Crippen molar-refractivity contribution in [2.24, 2.45) is 5.92 Å². The monoisotopic (exact) mass is 274 g/mol. The van der Waals surface area contributed by atoms with Crippen molar-refractivity contribution in [2.45, 2.75) is 25.3 Å². The lowest BCUT2D eigenvalue weighted by Crippen LogP contribution is -2.46. The summed E-state index contributed by atoms with van der Waals surface area (Å²) < 4.78 is 5.75. The second-order valence-corrected chi connectivity index (χ2v) is 5.71. The third kappa shape index (κ3) is 2.52. The van der Waals surface area contributed by atoms with Crippen LogP contribution in [0.5, 0.6) is 5.75 Å².